The molecule has 1 aliphatic heterocycles. The van der Waals surface area contributed by atoms with Crippen molar-refractivity contribution in [2.24, 2.45) is 23.5 Å². The summed E-state index contributed by atoms with van der Waals surface area (Å²) < 4.78 is 2.30. The van der Waals surface area contributed by atoms with E-state index in [1.807, 2.05) is 0 Å². The van der Waals surface area contributed by atoms with Gasteiger partial charge >= 0.3 is 0 Å². The first-order valence-corrected chi connectivity index (χ1v) is 12.1. The van der Waals surface area contributed by atoms with E-state index in [0.29, 0.717) is 12.5 Å². The van der Waals surface area contributed by atoms with Gasteiger partial charge in [0.05, 0.1) is 11.9 Å². The van der Waals surface area contributed by atoms with Crippen molar-refractivity contribution in [2.45, 2.75) is 58.9 Å². The molecule has 1 amide bonds. The monoisotopic (exact) mass is 426 g/mol. The Morgan fingerprint density at radius 2 is 1.87 bits per heavy atom. The number of rotatable bonds is 8. The molecule has 0 bridgehead atoms. The summed E-state index contributed by atoms with van der Waals surface area (Å²) in [5.41, 5.74) is 6.38. The smallest absolute Gasteiger partial charge is 0.231 e. The molecule has 4 rings (SSSR count). The zero-order valence-electron chi connectivity index (χ0n) is 19.2. The number of piperidine rings is 1. The quantitative estimate of drug-likeness (QED) is 0.701. The number of fused-ring (bicyclic) bond motifs is 1. The minimum Gasteiger partial charge on any atom is -0.369 e. The van der Waals surface area contributed by atoms with Crippen LogP contribution in [0.3, 0.4) is 0 Å². The third kappa shape index (κ3) is 5.37. The van der Waals surface area contributed by atoms with E-state index in [4.69, 9.17) is 10.7 Å². The second kappa shape index (κ2) is 9.98. The largest absolute Gasteiger partial charge is 0.369 e. The number of amides is 1. The van der Waals surface area contributed by atoms with E-state index in [1.165, 1.54) is 31.1 Å². The molecule has 7 heteroatoms. The van der Waals surface area contributed by atoms with Crippen LogP contribution in [0.25, 0.3) is 11.0 Å². The molecular weight excluding hydrogens is 388 g/mol. The number of primary amides is 1. The second-order valence-electron chi connectivity index (χ2n) is 9.75. The topological polar surface area (TPSA) is 80.3 Å². The molecule has 1 saturated heterocycles. The standard InChI is InChI=1S/C24H38N6O/c1-3-29(14-19-6-4-18(2)5-7-19)23-21-10-13-30(24(21)27-17-26-23)15-20-8-11-28(12-9-20)16-22(25)31/h10,13,17-20H,3-9,11-12,14-16H2,1-2H3,(H2,25,31). The Labute approximate surface area is 186 Å². The highest BCUT2D eigenvalue weighted by molar-refractivity contribution is 5.87. The van der Waals surface area contributed by atoms with E-state index in [1.54, 1.807) is 6.33 Å². The van der Waals surface area contributed by atoms with E-state index >= 15 is 0 Å². The van der Waals surface area contributed by atoms with Gasteiger partial charge in [-0.3, -0.25) is 9.69 Å². The van der Waals surface area contributed by atoms with Gasteiger partial charge in [-0.25, -0.2) is 9.97 Å². The van der Waals surface area contributed by atoms with Crippen molar-refractivity contribution >= 4 is 22.8 Å². The van der Waals surface area contributed by atoms with Crippen LogP contribution in [0, 0.1) is 17.8 Å². The zero-order chi connectivity index (χ0) is 21.8. The highest BCUT2D eigenvalue weighted by atomic mass is 16.1. The Morgan fingerprint density at radius 1 is 1.13 bits per heavy atom. The van der Waals surface area contributed by atoms with Crippen molar-refractivity contribution < 1.29 is 4.79 Å². The van der Waals surface area contributed by atoms with E-state index in [9.17, 15) is 4.79 Å². The highest BCUT2D eigenvalue weighted by Crippen LogP contribution is 2.32. The number of nitrogens with zero attached hydrogens (tertiary/aromatic N) is 5. The van der Waals surface area contributed by atoms with Crippen LogP contribution >= 0.6 is 0 Å². The lowest BCUT2D eigenvalue weighted by molar-refractivity contribution is -0.119. The Morgan fingerprint density at radius 3 is 2.55 bits per heavy atom. The first kappa shape index (κ1) is 22.1. The van der Waals surface area contributed by atoms with E-state index < -0.39 is 0 Å². The predicted molar refractivity (Wildman–Crippen MR) is 125 cm³/mol. The Kier molecular flexibility index (Phi) is 7.10. The van der Waals surface area contributed by atoms with Gasteiger partial charge in [-0.05, 0) is 69.5 Å². The van der Waals surface area contributed by atoms with Gasteiger partial charge in [0.2, 0.25) is 5.91 Å². The SMILES string of the molecule is CCN(CC1CCC(C)CC1)c1ncnc2c1ccn2CC1CCN(CC(N)=O)CC1. The number of carbonyl (C=O) groups excluding carboxylic acids is 1. The summed E-state index contributed by atoms with van der Waals surface area (Å²) in [5.74, 6) is 3.11. The minimum atomic E-state index is -0.234. The molecule has 0 atom stereocenters. The summed E-state index contributed by atoms with van der Waals surface area (Å²) in [7, 11) is 0. The summed E-state index contributed by atoms with van der Waals surface area (Å²) in [6, 6.07) is 2.19. The molecule has 2 aromatic heterocycles. The molecule has 7 nitrogen and oxygen atoms in total. The van der Waals surface area contributed by atoms with Crippen molar-refractivity contribution in [1.29, 1.82) is 0 Å². The first-order valence-electron chi connectivity index (χ1n) is 12.1. The maximum atomic E-state index is 11.2. The lowest BCUT2D eigenvalue weighted by Gasteiger charge is -2.32. The van der Waals surface area contributed by atoms with Gasteiger partial charge in [-0.15, -0.1) is 0 Å². The third-order valence-corrected chi connectivity index (χ3v) is 7.37. The molecule has 0 spiro atoms. The second-order valence-corrected chi connectivity index (χ2v) is 9.75. The van der Waals surface area contributed by atoms with Gasteiger partial charge in [0, 0.05) is 25.8 Å². The van der Waals surface area contributed by atoms with E-state index in [-0.39, 0.29) is 5.91 Å². The summed E-state index contributed by atoms with van der Waals surface area (Å²) in [6.45, 7) is 9.91. The number of likely N-dealkylation sites (tertiary alicyclic amines) is 1. The number of nitrogens with two attached hydrogens (primary N) is 1. The van der Waals surface area contributed by atoms with Gasteiger partial charge < -0.3 is 15.2 Å². The maximum absolute atomic E-state index is 11.2. The number of carbonyl (C=O) groups is 1. The van der Waals surface area contributed by atoms with Crippen molar-refractivity contribution in [1.82, 2.24) is 19.4 Å². The van der Waals surface area contributed by atoms with Crippen molar-refractivity contribution in [3.8, 4) is 0 Å². The van der Waals surface area contributed by atoms with Crippen LogP contribution in [0.1, 0.15) is 52.4 Å². The van der Waals surface area contributed by atoms with E-state index in [2.05, 4.69) is 45.5 Å². The number of hydrogen-bond acceptors (Lipinski definition) is 5. The van der Waals surface area contributed by atoms with Gasteiger partial charge in [-0.2, -0.15) is 0 Å². The average Bonchev–Trinajstić information content (AvgIpc) is 3.17. The molecule has 0 aromatic carbocycles. The molecule has 2 aliphatic rings. The summed E-state index contributed by atoms with van der Waals surface area (Å²) >= 11 is 0. The maximum Gasteiger partial charge on any atom is 0.231 e. The van der Waals surface area contributed by atoms with Gasteiger partial charge in [0.15, 0.2) is 0 Å². The highest BCUT2D eigenvalue weighted by Gasteiger charge is 2.24. The fourth-order valence-electron chi connectivity index (χ4n) is 5.40. The minimum absolute atomic E-state index is 0.234. The third-order valence-electron chi connectivity index (χ3n) is 7.37. The Balaban J connectivity index is 1.43. The van der Waals surface area contributed by atoms with Crippen molar-refractivity contribution in [3.05, 3.63) is 18.6 Å². The van der Waals surface area contributed by atoms with Crippen molar-refractivity contribution in [3.63, 3.8) is 0 Å². The number of anilines is 1. The number of aromatic nitrogens is 3. The molecule has 2 N–H and O–H groups in total. The summed E-state index contributed by atoms with van der Waals surface area (Å²) in [5, 5.41) is 1.17. The lowest BCUT2D eigenvalue weighted by Crippen LogP contribution is -2.40. The van der Waals surface area contributed by atoms with Crippen LogP contribution < -0.4 is 10.6 Å². The molecule has 0 radical (unpaired) electrons. The van der Waals surface area contributed by atoms with Crippen LogP contribution in [-0.4, -0.2) is 58.1 Å². The first-order chi connectivity index (χ1) is 15.0. The molecule has 1 aliphatic carbocycles. The lowest BCUT2D eigenvalue weighted by atomic mass is 9.83. The number of hydrogen-bond donors (Lipinski definition) is 1. The van der Waals surface area contributed by atoms with Gasteiger partial charge in [0.1, 0.15) is 17.8 Å². The van der Waals surface area contributed by atoms with Gasteiger partial charge in [-0.1, -0.05) is 19.8 Å². The summed E-state index contributed by atoms with van der Waals surface area (Å²) in [6.07, 6.45) is 11.5. The normalized spacial score (nSPS) is 23.3. The van der Waals surface area contributed by atoms with Crippen LogP contribution in [-0.2, 0) is 11.3 Å². The zero-order valence-corrected chi connectivity index (χ0v) is 19.2. The summed E-state index contributed by atoms with van der Waals surface area (Å²) in [4.78, 5) is 25.1. The van der Waals surface area contributed by atoms with Crippen LogP contribution in [0.15, 0.2) is 18.6 Å². The molecular formula is C24H38N6O. The van der Waals surface area contributed by atoms with Crippen LogP contribution in [0.5, 0.6) is 0 Å². The Hall–Kier alpha value is -2.15. The van der Waals surface area contributed by atoms with Crippen LogP contribution in [0.2, 0.25) is 0 Å². The Bertz CT molecular complexity index is 864. The van der Waals surface area contributed by atoms with Crippen LogP contribution in [0.4, 0.5) is 5.82 Å². The molecule has 31 heavy (non-hydrogen) atoms. The van der Waals surface area contributed by atoms with Crippen molar-refractivity contribution in [2.75, 3.05) is 37.6 Å². The molecule has 2 aromatic rings. The molecule has 0 unspecified atom stereocenters. The van der Waals surface area contributed by atoms with E-state index in [0.717, 1.165) is 68.9 Å². The molecule has 3 heterocycles. The molecule has 1 saturated carbocycles. The fourth-order valence-corrected chi connectivity index (χ4v) is 5.40. The molecule has 2 fully saturated rings. The van der Waals surface area contributed by atoms with Gasteiger partial charge in [0.25, 0.3) is 0 Å². The fraction of sp³-hybridized carbons (Fsp3) is 0.708. The predicted octanol–water partition coefficient (Wildman–Crippen LogP) is 3.28. The molecule has 170 valence electrons. The average molecular weight is 427 g/mol.